The highest BCUT2D eigenvalue weighted by Crippen LogP contribution is 2.26. The molecule has 0 unspecified atom stereocenters. The van der Waals surface area contributed by atoms with Gasteiger partial charge in [0.05, 0.1) is 0 Å². The molecule has 1 aromatic rings. The lowest BCUT2D eigenvalue weighted by Gasteiger charge is -2.11. The summed E-state index contributed by atoms with van der Waals surface area (Å²) in [5.74, 6) is 1.59. The van der Waals surface area contributed by atoms with Gasteiger partial charge in [-0.15, -0.1) is 0 Å². The van der Waals surface area contributed by atoms with E-state index in [1.807, 2.05) is 12.1 Å². The quantitative estimate of drug-likeness (QED) is 0.751. The van der Waals surface area contributed by atoms with E-state index in [0.29, 0.717) is 17.6 Å². The normalized spacial score (nSPS) is 12.0. The molecule has 0 amide bonds. The second kappa shape index (κ2) is 3.82. The Morgan fingerprint density at radius 2 is 1.46 bits per heavy atom. The molecule has 0 saturated heterocycles. The number of hydrogen-bond acceptors (Lipinski definition) is 1. The second-order valence-electron chi connectivity index (χ2n) is 4.14. The van der Waals surface area contributed by atoms with Crippen molar-refractivity contribution in [3.8, 4) is 5.75 Å². The topological polar surface area (TPSA) is 20.2 Å². The highest BCUT2D eigenvalue weighted by molar-refractivity contribution is 5.36. The number of rotatable bonds is 3. The fourth-order valence-electron chi connectivity index (χ4n) is 1.31. The molecule has 1 aromatic carbocycles. The third-order valence-electron chi connectivity index (χ3n) is 2.28. The zero-order valence-corrected chi connectivity index (χ0v) is 8.79. The summed E-state index contributed by atoms with van der Waals surface area (Å²) in [6.45, 7) is 8.58. The summed E-state index contributed by atoms with van der Waals surface area (Å²) in [6.07, 6.45) is 0. The van der Waals surface area contributed by atoms with E-state index in [9.17, 15) is 0 Å². The zero-order chi connectivity index (χ0) is 10.7. The highest BCUT2D eigenvalue weighted by Gasteiger charge is 2.05. The summed E-state index contributed by atoms with van der Waals surface area (Å²) in [5, 5.41) is 4.55. The monoisotopic (exact) mass is 179 g/mol. The average Bonchev–Trinajstić information content (AvgIpc) is 2.16. The van der Waals surface area contributed by atoms with E-state index in [4.69, 9.17) is 1.43 Å². The van der Waals surface area contributed by atoms with E-state index in [-0.39, 0.29) is 0 Å². The summed E-state index contributed by atoms with van der Waals surface area (Å²) in [4.78, 5) is 0. The molecule has 1 nitrogen and oxygen atoms in total. The van der Waals surface area contributed by atoms with Gasteiger partial charge < -0.3 is 5.11 Å². The molecule has 1 rings (SSSR count). The summed E-state index contributed by atoms with van der Waals surface area (Å²) in [5.41, 5.74) is 2.47. The van der Waals surface area contributed by atoms with E-state index in [0.717, 1.165) is 0 Å². The number of phenols is 1. The number of aromatic hydroxyl groups is 1. The lowest BCUT2D eigenvalue weighted by molar-refractivity contribution is 0.472. The van der Waals surface area contributed by atoms with Crippen LogP contribution in [0.15, 0.2) is 18.2 Å². The fraction of sp³-hybridized carbons (Fsp3) is 0.500. The van der Waals surface area contributed by atoms with Gasteiger partial charge in [0.25, 0.3) is 1.43 Å². The molecule has 0 fully saturated rings. The molecular weight excluding hydrogens is 160 g/mol. The molecule has 0 radical (unpaired) electrons. The molecule has 0 spiro atoms. The molecule has 0 aliphatic rings. The Bertz CT molecular complexity index is 279. The van der Waals surface area contributed by atoms with E-state index in [2.05, 4.69) is 38.9 Å². The van der Waals surface area contributed by atoms with Crippen LogP contribution >= 0.6 is 0 Å². The fourth-order valence-corrected chi connectivity index (χ4v) is 1.31. The first-order chi connectivity index (χ1) is 6.54. The number of phenolic OH excluding ortho intramolecular Hbond substituents is 1. The summed E-state index contributed by atoms with van der Waals surface area (Å²) >= 11 is 0. The minimum Gasteiger partial charge on any atom is -0.508 e. The summed E-state index contributed by atoms with van der Waals surface area (Å²) in [7, 11) is 0. The maximum atomic E-state index is 6.92. The van der Waals surface area contributed by atoms with Crippen molar-refractivity contribution in [2.24, 2.45) is 0 Å². The van der Waals surface area contributed by atoms with E-state index < -0.39 is 0 Å². The molecule has 1 heteroatoms. The van der Waals surface area contributed by atoms with Crippen molar-refractivity contribution in [1.82, 2.24) is 0 Å². The number of benzene rings is 1. The summed E-state index contributed by atoms with van der Waals surface area (Å²) in [6, 6.07) is 6.06. The zero-order valence-electron chi connectivity index (χ0n) is 9.79. The van der Waals surface area contributed by atoms with E-state index in [1.165, 1.54) is 11.1 Å². The molecule has 72 valence electrons. The van der Waals surface area contributed by atoms with Crippen LogP contribution in [0.4, 0.5) is 0 Å². The van der Waals surface area contributed by atoms with Crippen LogP contribution in [0.25, 0.3) is 0 Å². The molecule has 0 bridgehead atoms. The van der Waals surface area contributed by atoms with Crippen LogP contribution in [0.2, 0.25) is 0 Å². The van der Waals surface area contributed by atoms with Gasteiger partial charge in [-0.25, -0.2) is 0 Å². The summed E-state index contributed by atoms with van der Waals surface area (Å²) < 4.78 is 6.92. The average molecular weight is 179 g/mol. The molecule has 0 aromatic heterocycles. The van der Waals surface area contributed by atoms with Crippen molar-refractivity contribution < 1.29 is 5.11 Å². The highest BCUT2D eigenvalue weighted by atomic mass is 16.3. The van der Waals surface area contributed by atoms with Crippen molar-refractivity contribution in [3.05, 3.63) is 29.3 Å². The van der Waals surface area contributed by atoms with Crippen LogP contribution < -0.4 is 0 Å². The Labute approximate surface area is 81.9 Å². The Kier molecular flexibility index (Phi) is 2.53. The molecule has 13 heavy (non-hydrogen) atoms. The van der Waals surface area contributed by atoms with Crippen LogP contribution in [0, 0.1) is 0 Å². The van der Waals surface area contributed by atoms with Crippen molar-refractivity contribution in [2.75, 3.05) is 0 Å². The molecule has 0 heterocycles. The van der Waals surface area contributed by atoms with Gasteiger partial charge >= 0.3 is 0 Å². The SMILES string of the molecule is [2H]Oc1cc(C(C)C)cc(C(C)C)c1. The minimum atomic E-state index is 0.475. The van der Waals surface area contributed by atoms with Gasteiger partial charge in [-0.05, 0) is 35.1 Å². The maximum absolute atomic E-state index is 6.92. The second-order valence-corrected chi connectivity index (χ2v) is 4.14. The third-order valence-corrected chi connectivity index (χ3v) is 2.28. The van der Waals surface area contributed by atoms with E-state index >= 15 is 0 Å². The molecule has 1 N–H and O–H groups in total. The minimum absolute atomic E-state index is 0.475. The third kappa shape index (κ3) is 2.48. The first-order valence-electron chi connectivity index (χ1n) is 5.23. The van der Waals surface area contributed by atoms with Crippen LogP contribution in [-0.4, -0.2) is 6.54 Å². The van der Waals surface area contributed by atoms with Gasteiger partial charge in [0.1, 0.15) is 5.75 Å². The molecule has 0 aliphatic carbocycles. The van der Waals surface area contributed by atoms with Crippen LogP contribution in [0.3, 0.4) is 0 Å². The van der Waals surface area contributed by atoms with Crippen LogP contribution in [-0.2, 0) is 0 Å². The van der Waals surface area contributed by atoms with Crippen molar-refractivity contribution in [1.29, 1.82) is 1.43 Å². The lowest BCUT2D eigenvalue weighted by Crippen LogP contribution is -1.92. The van der Waals surface area contributed by atoms with Crippen molar-refractivity contribution >= 4 is 0 Å². The first-order valence-corrected chi connectivity index (χ1v) is 4.82. The standard InChI is InChI=1S/C12H18O/c1-8(2)10-5-11(9(3)4)7-12(13)6-10/h5-9,13H,1-4H3/i/hD. The van der Waals surface area contributed by atoms with Crippen molar-refractivity contribution in [3.63, 3.8) is 0 Å². The van der Waals surface area contributed by atoms with E-state index in [1.54, 1.807) is 0 Å². The molecule has 0 saturated carbocycles. The Hall–Kier alpha value is -0.980. The predicted molar refractivity (Wildman–Crippen MR) is 56.3 cm³/mol. The van der Waals surface area contributed by atoms with Gasteiger partial charge in [0, 0.05) is 0 Å². The Balaban J connectivity index is 3.13. The molecular formula is C12H18O. The van der Waals surface area contributed by atoms with Gasteiger partial charge in [-0.2, -0.15) is 0 Å². The van der Waals surface area contributed by atoms with Gasteiger partial charge in [0.15, 0.2) is 0 Å². The first kappa shape index (κ1) is 8.61. The predicted octanol–water partition coefficient (Wildman–Crippen LogP) is 3.64. The maximum Gasteiger partial charge on any atom is 0.293 e. The van der Waals surface area contributed by atoms with Gasteiger partial charge in [-0.1, -0.05) is 33.8 Å². The molecule has 0 aliphatic heterocycles. The Morgan fingerprint density at radius 3 is 1.77 bits per heavy atom. The Morgan fingerprint density at radius 1 is 1.00 bits per heavy atom. The largest absolute Gasteiger partial charge is 0.508 e. The number of hydrogen-bond donors (Lipinski definition) is 1. The van der Waals surface area contributed by atoms with Gasteiger partial charge in [-0.3, -0.25) is 0 Å². The lowest BCUT2D eigenvalue weighted by atomic mass is 9.95. The smallest absolute Gasteiger partial charge is 0.293 e. The molecule has 0 atom stereocenters. The van der Waals surface area contributed by atoms with Crippen LogP contribution in [0.1, 0.15) is 50.7 Å². The van der Waals surface area contributed by atoms with Crippen molar-refractivity contribution in [2.45, 2.75) is 39.5 Å². The van der Waals surface area contributed by atoms with Crippen LogP contribution in [0.5, 0.6) is 5.75 Å². The van der Waals surface area contributed by atoms with Gasteiger partial charge in [0.2, 0.25) is 0 Å².